The molecule has 0 aromatic heterocycles. The zero-order valence-electron chi connectivity index (χ0n) is 17.2. The molecule has 2 rings (SSSR count). The minimum absolute atomic E-state index is 0.0421. The number of hydrogen-bond acceptors (Lipinski definition) is 5. The molecule has 0 saturated heterocycles. The lowest BCUT2D eigenvalue weighted by Crippen LogP contribution is -2.36. The maximum absolute atomic E-state index is 12.5. The Labute approximate surface area is 162 Å². The first-order chi connectivity index (χ1) is 12.9. The highest BCUT2D eigenvalue weighted by Crippen LogP contribution is 2.40. The van der Waals surface area contributed by atoms with Crippen molar-refractivity contribution in [3.05, 3.63) is 23.8 Å². The van der Waals surface area contributed by atoms with Gasteiger partial charge in [0.15, 0.2) is 0 Å². The Morgan fingerprint density at radius 3 is 2.56 bits per heavy atom. The zero-order chi connectivity index (χ0) is 20.0. The van der Waals surface area contributed by atoms with Crippen LogP contribution in [-0.4, -0.2) is 57.1 Å². The van der Waals surface area contributed by atoms with Gasteiger partial charge in [0.1, 0.15) is 5.75 Å². The summed E-state index contributed by atoms with van der Waals surface area (Å²) in [5.74, 6) is -0.259. The molecule has 6 nitrogen and oxygen atoms in total. The van der Waals surface area contributed by atoms with Gasteiger partial charge >= 0.3 is 5.97 Å². The molecule has 2 unspecified atom stereocenters. The van der Waals surface area contributed by atoms with Gasteiger partial charge in [-0.1, -0.05) is 13.0 Å². The van der Waals surface area contributed by atoms with E-state index in [1.807, 2.05) is 33.2 Å². The van der Waals surface area contributed by atoms with Crippen molar-refractivity contribution in [2.45, 2.75) is 39.5 Å². The highest BCUT2D eigenvalue weighted by Gasteiger charge is 2.36. The van der Waals surface area contributed by atoms with Gasteiger partial charge in [0.2, 0.25) is 5.91 Å². The van der Waals surface area contributed by atoms with Crippen LogP contribution in [0.15, 0.2) is 18.2 Å². The summed E-state index contributed by atoms with van der Waals surface area (Å²) in [6.45, 7) is 9.54. The van der Waals surface area contributed by atoms with Crippen molar-refractivity contribution in [1.29, 1.82) is 0 Å². The molecule has 1 aliphatic heterocycles. The Balaban J connectivity index is 2.02. The molecule has 2 atom stereocenters. The number of benzene rings is 1. The maximum Gasteiger partial charge on any atom is 0.315 e. The Kier molecular flexibility index (Phi) is 7.66. The molecule has 0 bridgehead atoms. The van der Waals surface area contributed by atoms with Gasteiger partial charge in [0.25, 0.3) is 0 Å². The van der Waals surface area contributed by atoms with Crippen LogP contribution in [0.25, 0.3) is 0 Å². The number of anilines is 1. The van der Waals surface area contributed by atoms with E-state index in [0.717, 1.165) is 37.3 Å². The number of nitrogens with zero attached hydrogens (tertiary/aromatic N) is 2. The number of nitrogens with one attached hydrogen (secondary N) is 1. The molecule has 1 heterocycles. The second-order valence-electron chi connectivity index (χ2n) is 7.42. The molecule has 1 aromatic rings. The summed E-state index contributed by atoms with van der Waals surface area (Å²) in [4.78, 5) is 29.1. The van der Waals surface area contributed by atoms with Gasteiger partial charge < -0.3 is 19.9 Å². The second-order valence-corrected chi connectivity index (χ2v) is 7.42. The van der Waals surface area contributed by atoms with E-state index < -0.39 is 5.92 Å². The third kappa shape index (κ3) is 5.45. The average molecular weight is 376 g/mol. The molecule has 1 aromatic carbocycles. The fraction of sp³-hybridized carbons (Fsp3) is 0.619. The van der Waals surface area contributed by atoms with Gasteiger partial charge in [-0.15, -0.1) is 0 Å². The van der Waals surface area contributed by atoms with Gasteiger partial charge in [0, 0.05) is 37.8 Å². The highest BCUT2D eigenvalue weighted by atomic mass is 16.5. The van der Waals surface area contributed by atoms with Crippen LogP contribution in [0.4, 0.5) is 5.69 Å². The number of fused-ring (bicyclic) bond motifs is 1. The first-order valence-corrected chi connectivity index (χ1v) is 9.89. The number of rotatable bonds is 9. The molecule has 1 amide bonds. The summed E-state index contributed by atoms with van der Waals surface area (Å²) in [5.41, 5.74) is 2.05. The van der Waals surface area contributed by atoms with Crippen molar-refractivity contribution in [3.8, 4) is 5.75 Å². The summed E-state index contributed by atoms with van der Waals surface area (Å²) >= 11 is 0. The number of hydrogen-bond donors (Lipinski definition) is 1. The number of ether oxygens (including phenoxy) is 1. The number of carbonyl (C=O) groups is 2. The van der Waals surface area contributed by atoms with Crippen LogP contribution in [0.5, 0.6) is 5.75 Å². The predicted octanol–water partition coefficient (Wildman–Crippen LogP) is 2.63. The molecule has 27 heavy (non-hydrogen) atoms. The first kappa shape index (κ1) is 21.2. The minimum atomic E-state index is -0.439. The number of carbonyl (C=O) groups excluding carboxylic acids is 2. The molecule has 0 saturated carbocycles. The van der Waals surface area contributed by atoms with Crippen molar-refractivity contribution < 1.29 is 14.3 Å². The average Bonchev–Trinajstić information content (AvgIpc) is 2.63. The Morgan fingerprint density at radius 1 is 1.22 bits per heavy atom. The normalized spacial score (nSPS) is 18.8. The van der Waals surface area contributed by atoms with Crippen molar-refractivity contribution in [2.24, 2.45) is 5.92 Å². The Hall–Kier alpha value is -2.08. The van der Waals surface area contributed by atoms with E-state index in [-0.39, 0.29) is 24.2 Å². The van der Waals surface area contributed by atoms with E-state index in [0.29, 0.717) is 12.3 Å². The molecule has 150 valence electrons. The Bertz CT molecular complexity index is 656. The summed E-state index contributed by atoms with van der Waals surface area (Å²) in [5, 5.41) is 2.91. The van der Waals surface area contributed by atoms with E-state index >= 15 is 0 Å². The maximum atomic E-state index is 12.5. The first-order valence-electron chi connectivity index (χ1n) is 9.89. The summed E-state index contributed by atoms with van der Waals surface area (Å²) < 4.78 is 5.60. The van der Waals surface area contributed by atoms with Gasteiger partial charge in [-0.05, 0) is 58.5 Å². The fourth-order valence-electron chi connectivity index (χ4n) is 3.53. The quantitative estimate of drug-likeness (QED) is 0.408. The smallest absolute Gasteiger partial charge is 0.315 e. The van der Waals surface area contributed by atoms with E-state index in [9.17, 15) is 9.59 Å². The second kappa shape index (κ2) is 9.74. The van der Waals surface area contributed by atoms with Crippen LogP contribution in [0.3, 0.4) is 0 Å². The van der Waals surface area contributed by atoms with Crippen molar-refractivity contribution in [2.75, 3.05) is 45.2 Å². The molecular formula is C21H33N3O3. The van der Waals surface area contributed by atoms with Crippen LogP contribution >= 0.6 is 0 Å². The monoisotopic (exact) mass is 375 g/mol. The largest absolute Gasteiger partial charge is 0.426 e. The van der Waals surface area contributed by atoms with Gasteiger partial charge in [0.05, 0.1) is 5.92 Å². The van der Waals surface area contributed by atoms with Crippen molar-refractivity contribution in [1.82, 2.24) is 10.2 Å². The van der Waals surface area contributed by atoms with Gasteiger partial charge in [-0.2, -0.15) is 0 Å². The van der Waals surface area contributed by atoms with Crippen LogP contribution in [0.2, 0.25) is 0 Å². The Morgan fingerprint density at radius 2 is 1.93 bits per heavy atom. The third-order valence-electron chi connectivity index (χ3n) is 5.24. The molecule has 0 aliphatic carbocycles. The molecule has 1 N–H and O–H groups in total. The summed E-state index contributed by atoms with van der Waals surface area (Å²) in [6.07, 6.45) is 1.06. The van der Waals surface area contributed by atoms with Gasteiger partial charge in [-0.25, -0.2) is 0 Å². The summed E-state index contributed by atoms with van der Waals surface area (Å²) in [7, 11) is 4.01. The SMILES string of the molecule is CCN(CC)c1ccc2c(c1)OC(=O)C(CC(=O)NCCCN(C)C)C2C. The van der Waals surface area contributed by atoms with E-state index in [2.05, 4.69) is 35.0 Å². The van der Waals surface area contributed by atoms with Crippen molar-refractivity contribution >= 4 is 17.6 Å². The van der Waals surface area contributed by atoms with Crippen molar-refractivity contribution in [3.63, 3.8) is 0 Å². The number of esters is 1. The van der Waals surface area contributed by atoms with Crippen LogP contribution in [0.1, 0.15) is 45.1 Å². The van der Waals surface area contributed by atoms with E-state index in [1.54, 1.807) is 0 Å². The molecule has 1 aliphatic rings. The molecule has 0 fully saturated rings. The highest BCUT2D eigenvalue weighted by molar-refractivity contribution is 5.86. The van der Waals surface area contributed by atoms with E-state index in [1.165, 1.54) is 0 Å². The van der Waals surface area contributed by atoms with Crippen LogP contribution in [0, 0.1) is 5.92 Å². The lowest BCUT2D eigenvalue weighted by molar-refractivity contribution is -0.143. The van der Waals surface area contributed by atoms with Gasteiger partial charge in [-0.3, -0.25) is 9.59 Å². The third-order valence-corrected chi connectivity index (χ3v) is 5.24. The molecule has 0 spiro atoms. The lowest BCUT2D eigenvalue weighted by Gasteiger charge is -2.31. The molecule has 6 heteroatoms. The minimum Gasteiger partial charge on any atom is -0.426 e. The molecule has 0 radical (unpaired) electrons. The topological polar surface area (TPSA) is 61.9 Å². The zero-order valence-corrected chi connectivity index (χ0v) is 17.2. The van der Waals surface area contributed by atoms with Crippen LogP contribution < -0.4 is 15.0 Å². The molecular weight excluding hydrogens is 342 g/mol. The lowest BCUT2D eigenvalue weighted by atomic mass is 9.82. The fourth-order valence-corrected chi connectivity index (χ4v) is 3.53. The van der Waals surface area contributed by atoms with E-state index in [4.69, 9.17) is 4.74 Å². The predicted molar refractivity (Wildman–Crippen MR) is 108 cm³/mol. The number of amides is 1. The summed E-state index contributed by atoms with van der Waals surface area (Å²) in [6, 6.07) is 6.04. The standard InChI is InChI=1S/C21H33N3O3/c1-6-24(7-2)16-9-10-17-15(3)18(21(26)27-19(17)13-16)14-20(25)22-11-8-12-23(4)5/h9-10,13,15,18H,6-8,11-12,14H2,1-5H3,(H,22,25). The van der Waals surface area contributed by atoms with Crippen LogP contribution in [-0.2, 0) is 9.59 Å².